The number of carbonyl (C=O) groups is 1. The number of carbonyl (C=O) groups excluding carboxylic acids is 1. The zero-order valence-corrected chi connectivity index (χ0v) is 13.3. The lowest BCUT2D eigenvalue weighted by Crippen LogP contribution is -2.51. The van der Waals surface area contributed by atoms with Gasteiger partial charge in [-0.05, 0) is 67.3 Å². The van der Waals surface area contributed by atoms with Gasteiger partial charge in [-0.1, -0.05) is 6.92 Å². The number of likely N-dealkylation sites (tertiary alicyclic amines) is 1. The maximum atomic E-state index is 14.1. The highest BCUT2D eigenvalue weighted by Crippen LogP contribution is 2.32. The molecule has 0 radical (unpaired) electrons. The van der Waals surface area contributed by atoms with E-state index < -0.39 is 28.5 Å². The fourth-order valence-corrected chi connectivity index (χ4v) is 3.07. The van der Waals surface area contributed by atoms with Gasteiger partial charge in [-0.15, -0.1) is 0 Å². The molecule has 0 spiro atoms. The topological polar surface area (TPSA) is 20.3 Å². The maximum absolute atomic E-state index is 14.1. The molecule has 1 aromatic carbocycles. The van der Waals surface area contributed by atoms with Crippen LogP contribution in [0.25, 0.3) is 0 Å². The molecule has 1 saturated heterocycles. The van der Waals surface area contributed by atoms with Crippen LogP contribution in [0, 0.1) is 11.6 Å². The van der Waals surface area contributed by atoms with E-state index in [9.17, 15) is 13.6 Å². The van der Waals surface area contributed by atoms with Gasteiger partial charge < -0.3 is 0 Å². The Hall–Kier alpha value is -0.810. The molecule has 1 heterocycles. The van der Waals surface area contributed by atoms with Crippen LogP contribution in [0.1, 0.15) is 43.5 Å². The summed E-state index contributed by atoms with van der Waals surface area (Å²) in [6.07, 6.45) is 2.57. The second kappa shape index (κ2) is 5.90. The monoisotopic (exact) mass is 345 g/mol. The van der Waals surface area contributed by atoms with Crippen molar-refractivity contribution < 1.29 is 13.6 Å². The molecule has 1 aliphatic heterocycles. The minimum atomic E-state index is -0.848. The first-order valence-corrected chi connectivity index (χ1v) is 7.64. The molecule has 1 atom stereocenters. The number of benzene rings is 1. The molecular weight excluding hydrogens is 328 g/mol. The van der Waals surface area contributed by atoms with Crippen molar-refractivity contribution >= 4 is 21.7 Å². The zero-order chi connectivity index (χ0) is 14.9. The van der Waals surface area contributed by atoms with Gasteiger partial charge in [0.25, 0.3) is 0 Å². The van der Waals surface area contributed by atoms with Crippen LogP contribution in [0.5, 0.6) is 0 Å². The van der Waals surface area contributed by atoms with E-state index in [1.54, 1.807) is 6.92 Å². The summed E-state index contributed by atoms with van der Waals surface area (Å²) in [4.78, 5) is 14.8. The minimum Gasteiger partial charge on any atom is -0.292 e. The van der Waals surface area contributed by atoms with Crippen molar-refractivity contribution in [1.82, 2.24) is 4.90 Å². The predicted molar refractivity (Wildman–Crippen MR) is 77.9 cm³/mol. The van der Waals surface area contributed by atoms with Gasteiger partial charge in [-0.3, -0.25) is 9.69 Å². The molecule has 0 saturated carbocycles. The Morgan fingerprint density at radius 1 is 1.35 bits per heavy atom. The third kappa shape index (κ3) is 2.53. The number of nitrogens with zero attached hydrogens (tertiary/aromatic N) is 1. The summed E-state index contributed by atoms with van der Waals surface area (Å²) in [7, 11) is 0. The average Bonchev–Trinajstić information content (AvgIpc) is 2.97. The Labute approximate surface area is 126 Å². The van der Waals surface area contributed by atoms with Gasteiger partial charge in [0.05, 0.1) is 15.6 Å². The first-order chi connectivity index (χ1) is 9.41. The van der Waals surface area contributed by atoms with Gasteiger partial charge in [0.1, 0.15) is 5.82 Å². The van der Waals surface area contributed by atoms with Crippen LogP contribution in [-0.2, 0) is 0 Å². The normalized spacial score (nSPS) is 19.1. The summed E-state index contributed by atoms with van der Waals surface area (Å²) in [6, 6.07) is 2.40. The largest absolute Gasteiger partial charge is 0.292 e. The lowest BCUT2D eigenvalue weighted by atomic mass is 9.86. The first kappa shape index (κ1) is 15.6. The molecule has 2 rings (SSSR count). The Morgan fingerprint density at radius 2 is 1.95 bits per heavy atom. The molecular formula is C15H18BrF2NO. The standard InChI is InChI=1S/C15H18BrF2NO/c1-3-15(2,19-8-4-5-9-19)14(20)12-11(17)7-6-10(16)13(12)18/h6-7H,3-5,8-9H2,1-2H3. The van der Waals surface area contributed by atoms with Crippen LogP contribution < -0.4 is 0 Å². The molecule has 1 fully saturated rings. The molecule has 1 aromatic rings. The second-order valence-electron chi connectivity index (χ2n) is 5.37. The number of hydrogen-bond acceptors (Lipinski definition) is 2. The van der Waals surface area contributed by atoms with Gasteiger partial charge in [-0.2, -0.15) is 0 Å². The Kier molecular flexibility index (Phi) is 4.59. The van der Waals surface area contributed by atoms with Gasteiger partial charge in [-0.25, -0.2) is 8.78 Å². The number of hydrogen-bond donors (Lipinski definition) is 0. The first-order valence-electron chi connectivity index (χ1n) is 6.85. The van der Waals surface area contributed by atoms with Crippen LogP contribution in [0.3, 0.4) is 0 Å². The summed E-state index contributed by atoms with van der Waals surface area (Å²) >= 11 is 3.01. The van der Waals surface area contributed by atoms with E-state index in [0.29, 0.717) is 6.42 Å². The lowest BCUT2D eigenvalue weighted by molar-refractivity contribution is 0.0638. The summed E-state index contributed by atoms with van der Waals surface area (Å²) in [5, 5.41) is 0. The minimum absolute atomic E-state index is 0.113. The van der Waals surface area contributed by atoms with E-state index in [1.807, 2.05) is 11.8 Å². The van der Waals surface area contributed by atoms with E-state index in [4.69, 9.17) is 0 Å². The Bertz CT molecular complexity index is 529. The second-order valence-corrected chi connectivity index (χ2v) is 6.22. The summed E-state index contributed by atoms with van der Waals surface area (Å²) in [5.41, 5.74) is -1.28. The van der Waals surface area contributed by atoms with Crippen LogP contribution in [0.15, 0.2) is 16.6 Å². The van der Waals surface area contributed by atoms with Crippen molar-refractivity contribution in [2.75, 3.05) is 13.1 Å². The van der Waals surface area contributed by atoms with E-state index in [1.165, 1.54) is 6.07 Å². The molecule has 0 aliphatic carbocycles. The number of halogens is 3. The Balaban J connectivity index is 2.46. The van der Waals surface area contributed by atoms with Crippen molar-refractivity contribution in [2.24, 2.45) is 0 Å². The SMILES string of the molecule is CCC(C)(C(=O)c1c(F)ccc(Br)c1F)N1CCCC1. The van der Waals surface area contributed by atoms with Gasteiger partial charge in [0.15, 0.2) is 11.6 Å². The number of rotatable bonds is 4. The van der Waals surface area contributed by atoms with Crippen LogP contribution in [-0.4, -0.2) is 29.3 Å². The van der Waals surface area contributed by atoms with Gasteiger partial charge >= 0.3 is 0 Å². The van der Waals surface area contributed by atoms with Gasteiger partial charge in [0.2, 0.25) is 0 Å². The third-order valence-corrected chi connectivity index (χ3v) is 4.87. The fourth-order valence-electron chi connectivity index (χ4n) is 2.74. The van der Waals surface area contributed by atoms with Crippen LogP contribution in [0.2, 0.25) is 0 Å². The van der Waals surface area contributed by atoms with E-state index >= 15 is 0 Å². The smallest absolute Gasteiger partial charge is 0.188 e. The van der Waals surface area contributed by atoms with Gasteiger partial charge in [0, 0.05) is 0 Å². The molecule has 5 heteroatoms. The summed E-state index contributed by atoms with van der Waals surface area (Å²) in [5.74, 6) is -2.08. The molecule has 1 aliphatic rings. The molecule has 0 bridgehead atoms. The molecule has 1 unspecified atom stereocenters. The predicted octanol–water partition coefficient (Wildman–Crippen LogP) is 4.17. The maximum Gasteiger partial charge on any atom is 0.188 e. The number of ketones is 1. The highest BCUT2D eigenvalue weighted by molar-refractivity contribution is 9.10. The van der Waals surface area contributed by atoms with Crippen molar-refractivity contribution in [2.45, 2.75) is 38.6 Å². The molecule has 20 heavy (non-hydrogen) atoms. The average molecular weight is 346 g/mol. The van der Waals surface area contributed by atoms with E-state index in [2.05, 4.69) is 15.9 Å². The van der Waals surface area contributed by atoms with Crippen LogP contribution >= 0.6 is 15.9 Å². The van der Waals surface area contributed by atoms with E-state index in [0.717, 1.165) is 32.0 Å². The number of Topliss-reactive ketones (excluding diaryl/α,β-unsaturated/α-hetero) is 1. The van der Waals surface area contributed by atoms with E-state index in [-0.39, 0.29) is 4.47 Å². The van der Waals surface area contributed by atoms with Crippen molar-refractivity contribution in [3.8, 4) is 0 Å². The van der Waals surface area contributed by atoms with Crippen molar-refractivity contribution in [1.29, 1.82) is 0 Å². The fraction of sp³-hybridized carbons (Fsp3) is 0.533. The van der Waals surface area contributed by atoms with Crippen LogP contribution in [0.4, 0.5) is 8.78 Å². The molecule has 110 valence electrons. The van der Waals surface area contributed by atoms with Crippen molar-refractivity contribution in [3.63, 3.8) is 0 Å². The quantitative estimate of drug-likeness (QED) is 0.602. The Morgan fingerprint density at radius 3 is 2.50 bits per heavy atom. The molecule has 0 aromatic heterocycles. The zero-order valence-electron chi connectivity index (χ0n) is 11.7. The highest BCUT2D eigenvalue weighted by atomic mass is 79.9. The third-order valence-electron chi connectivity index (χ3n) is 4.25. The highest BCUT2D eigenvalue weighted by Gasteiger charge is 2.41. The molecule has 2 nitrogen and oxygen atoms in total. The summed E-state index contributed by atoms with van der Waals surface area (Å²) in [6.45, 7) is 5.26. The summed E-state index contributed by atoms with van der Waals surface area (Å²) < 4.78 is 28.2. The molecule has 0 amide bonds. The molecule has 0 N–H and O–H groups in total. The lowest BCUT2D eigenvalue weighted by Gasteiger charge is -2.36. The van der Waals surface area contributed by atoms with Crippen molar-refractivity contribution in [3.05, 3.63) is 33.8 Å².